The summed E-state index contributed by atoms with van der Waals surface area (Å²) in [5, 5.41) is 6.43. The molecule has 1 aromatic rings. The van der Waals surface area contributed by atoms with Crippen LogP contribution in [0.5, 0.6) is 0 Å². The Morgan fingerprint density at radius 2 is 2.46 bits per heavy atom. The number of thiazole rings is 1. The van der Waals surface area contributed by atoms with Gasteiger partial charge in [0, 0.05) is 18.5 Å². The van der Waals surface area contributed by atoms with Crippen molar-refractivity contribution >= 4 is 16.5 Å². The fourth-order valence-electron chi connectivity index (χ4n) is 1.38. The van der Waals surface area contributed by atoms with Crippen LogP contribution in [0.25, 0.3) is 0 Å². The number of hydrogen-bond donors (Lipinski definition) is 1. The minimum absolute atomic E-state index is 0.955. The van der Waals surface area contributed by atoms with E-state index in [1.165, 1.54) is 25.2 Å². The van der Waals surface area contributed by atoms with Crippen LogP contribution in [0.4, 0.5) is 5.13 Å². The standard InChI is InChI=1S/C9H15N3S/c1-2-10-9-11-8(7-13-9)6-12-4-3-5-12/h7H,2-6H2,1H3,(H,10,11). The lowest BCUT2D eigenvalue weighted by molar-refractivity contribution is 0.171. The van der Waals surface area contributed by atoms with E-state index < -0.39 is 0 Å². The predicted molar refractivity (Wildman–Crippen MR) is 56.2 cm³/mol. The topological polar surface area (TPSA) is 28.2 Å². The van der Waals surface area contributed by atoms with Crippen molar-refractivity contribution in [2.24, 2.45) is 0 Å². The summed E-state index contributed by atoms with van der Waals surface area (Å²) in [6.45, 7) is 6.57. The van der Waals surface area contributed by atoms with Crippen LogP contribution in [0, 0.1) is 0 Å². The van der Waals surface area contributed by atoms with Crippen LogP contribution in [0.3, 0.4) is 0 Å². The Balaban J connectivity index is 1.88. The summed E-state index contributed by atoms with van der Waals surface area (Å²) >= 11 is 1.70. The average molecular weight is 197 g/mol. The normalized spacial score (nSPS) is 17.0. The molecule has 0 aliphatic carbocycles. The third-order valence-corrected chi connectivity index (χ3v) is 3.06. The van der Waals surface area contributed by atoms with Gasteiger partial charge in [-0.2, -0.15) is 0 Å². The van der Waals surface area contributed by atoms with E-state index in [0.717, 1.165) is 18.2 Å². The van der Waals surface area contributed by atoms with Crippen molar-refractivity contribution < 1.29 is 0 Å². The third-order valence-electron chi connectivity index (χ3n) is 2.21. The summed E-state index contributed by atoms with van der Waals surface area (Å²) in [4.78, 5) is 6.91. The van der Waals surface area contributed by atoms with Gasteiger partial charge in [0.15, 0.2) is 5.13 Å². The number of anilines is 1. The van der Waals surface area contributed by atoms with Gasteiger partial charge >= 0.3 is 0 Å². The van der Waals surface area contributed by atoms with E-state index in [0.29, 0.717) is 0 Å². The molecule has 13 heavy (non-hydrogen) atoms. The molecular weight excluding hydrogens is 182 g/mol. The van der Waals surface area contributed by atoms with E-state index in [4.69, 9.17) is 0 Å². The lowest BCUT2D eigenvalue weighted by Gasteiger charge is -2.29. The van der Waals surface area contributed by atoms with Crippen molar-refractivity contribution in [2.45, 2.75) is 19.9 Å². The Morgan fingerprint density at radius 3 is 3.08 bits per heavy atom. The van der Waals surface area contributed by atoms with Gasteiger partial charge in [0.05, 0.1) is 5.69 Å². The first-order chi connectivity index (χ1) is 6.38. The Morgan fingerprint density at radius 1 is 1.62 bits per heavy atom. The van der Waals surface area contributed by atoms with Gasteiger partial charge < -0.3 is 5.32 Å². The molecule has 0 bridgehead atoms. The number of hydrogen-bond acceptors (Lipinski definition) is 4. The van der Waals surface area contributed by atoms with E-state index in [1.54, 1.807) is 11.3 Å². The lowest BCUT2D eigenvalue weighted by Crippen LogP contribution is -2.36. The van der Waals surface area contributed by atoms with E-state index in [-0.39, 0.29) is 0 Å². The van der Waals surface area contributed by atoms with Crippen LogP contribution in [-0.2, 0) is 6.54 Å². The highest BCUT2D eigenvalue weighted by atomic mass is 32.1. The van der Waals surface area contributed by atoms with Crippen molar-refractivity contribution in [2.75, 3.05) is 25.0 Å². The van der Waals surface area contributed by atoms with Crippen LogP contribution in [0.1, 0.15) is 19.0 Å². The highest BCUT2D eigenvalue weighted by molar-refractivity contribution is 7.13. The summed E-state index contributed by atoms with van der Waals surface area (Å²) < 4.78 is 0. The van der Waals surface area contributed by atoms with Gasteiger partial charge in [-0.05, 0) is 26.4 Å². The average Bonchev–Trinajstić information content (AvgIpc) is 2.46. The number of nitrogens with one attached hydrogen (secondary N) is 1. The maximum atomic E-state index is 4.49. The smallest absolute Gasteiger partial charge is 0.182 e. The summed E-state index contributed by atoms with van der Waals surface area (Å²) in [6, 6.07) is 0. The maximum absolute atomic E-state index is 4.49. The van der Waals surface area contributed by atoms with E-state index in [2.05, 4.69) is 27.5 Å². The molecule has 2 heterocycles. The SMILES string of the molecule is CCNc1nc(CN2CCC2)cs1. The second-order valence-corrected chi connectivity index (χ2v) is 4.16. The molecule has 0 unspecified atom stereocenters. The molecule has 1 saturated heterocycles. The van der Waals surface area contributed by atoms with Crippen molar-refractivity contribution in [3.8, 4) is 0 Å². The van der Waals surface area contributed by atoms with Crippen LogP contribution in [0.15, 0.2) is 5.38 Å². The zero-order valence-corrected chi connectivity index (χ0v) is 8.73. The third kappa shape index (κ3) is 2.19. The quantitative estimate of drug-likeness (QED) is 0.797. The molecule has 4 heteroatoms. The molecule has 1 fully saturated rings. The number of likely N-dealkylation sites (tertiary alicyclic amines) is 1. The zero-order chi connectivity index (χ0) is 9.10. The Kier molecular flexibility index (Phi) is 2.80. The Labute approximate surface area is 82.8 Å². The largest absolute Gasteiger partial charge is 0.362 e. The minimum atomic E-state index is 0.955. The Hall–Kier alpha value is -0.610. The highest BCUT2D eigenvalue weighted by Crippen LogP contribution is 2.18. The second-order valence-electron chi connectivity index (χ2n) is 3.30. The van der Waals surface area contributed by atoms with E-state index in [9.17, 15) is 0 Å². The van der Waals surface area contributed by atoms with Gasteiger partial charge in [0.25, 0.3) is 0 Å². The first-order valence-corrected chi connectivity index (χ1v) is 5.67. The van der Waals surface area contributed by atoms with Gasteiger partial charge in [-0.25, -0.2) is 4.98 Å². The lowest BCUT2D eigenvalue weighted by atomic mass is 10.2. The summed E-state index contributed by atoms with van der Waals surface area (Å²) in [5.74, 6) is 0. The zero-order valence-electron chi connectivity index (χ0n) is 7.92. The summed E-state index contributed by atoms with van der Waals surface area (Å²) in [5.41, 5.74) is 1.21. The molecule has 0 radical (unpaired) electrons. The van der Waals surface area contributed by atoms with Gasteiger partial charge in [0.1, 0.15) is 0 Å². The molecule has 0 atom stereocenters. The van der Waals surface area contributed by atoms with Crippen LogP contribution in [0.2, 0.25) is 0 Å². The summed E-state index contributed by atoms with van der Waals surface area (Å²) in [6.07, 6.45) is 1.35. The van der Waals surface area contributed by atoms with Gasteiger partial charge in [0.2, 0.25) is 0 Å². The predicted octanol–water partition coefficient (Wildman–Crippen LogP) is 1.78. The molecule has 0 aromatic carbocycles. The molecule has 0 spiro atoms. The van der Waals surface area contributed by atoms with Crippen LogP contribution >= 0.6 is 11.3 Å². The van der Waals surface area contributed by atoms with Crippen molar-refractivity contribution in [1.29, 1.82) is 0 Å². The maximum Gasteiger partial charge on any atom is 0.182 e. The van der Waals surface area contributed by atoms with E-state index in [1.807, 2.05) is 0 Å². The molecule has 1 aliphatic rings. The van der Waals surface area contributed by atoms with E-state index >= 15 is 0 Å². The van der Waals surface area contributed by atoms with Gasteiger partial charge in [-0.3, -0.25) is 4.90 Å². The number of rotatable bonds is 4. The Bertz CT molecular complexity index is 268. The molecule has 72 valence electrons. The molecule has 1 N–H and O–H groups in total. The monoisotopic (exact) mass is 197 g/mol. The minimum Gasteiger partial charge on any atom is -0.362 e. The fraction of sp³-hybridized carbons (Fsp3) is 0.667. The second kappa shape index (κ2) is 4.07. The van der Waals surface area contributed by atoms with Crippen LogP contribution in [-0.4, -0.2) is 29.5 Å². The molecule has 0 amide bonds. The fourth-order valence-corrected chi connectivity index (χ4v) is 2.15. The van der Waals surface area contributed by atoms with Crippen LogP contribution < -0.4 is 5.32 Å². The number of aromatic nitrogens is 1. The molecule has 0 saturated carbocycles. The van der Waals surface area contributed by atoms with Crippen molar-refractivity contribution in [3.05, 3.63) is 11.1 Å². The van der Waals surface area contributed by atoms with Gasteiger partial charge in [-0.15, -0.1) is 11.3 Å². The first kappa shape index (κ1) is 8.97. The highest BCUT2D eigenvalue weighted by Gasteiger charge is 2.14. The molecule has 3 nitrogen and oxygen atoms in total. The van der Waals surface area contributed by atoms with Gasteiger partial charge in [-0.1, -0.05) is 0 Å². The first-order valence-electron chi connectivity index (χ1n) is 4.79. The summed E-state index contributed by atoms with van der Waals surface area (Å²) in [7, 11) is 0. The molecule has 2 rings (SSSR count). The van der Waals surface area contributed by atoms with Crippen molar-refractivity contribution in [1.82, 2.24) is 9.88 Å². The molecule has 1 aromatic heterocycles. The van der Waals surface area contributed by atoms with Crippen molar-refractivity contribution in [3.63, 3.8) is 0 Å². The molecular formula is C9H15N3S. The number of nitrogens with zero attached hydrogens (tertiary/aromatic N) is 2. The molecule has 1 aliphatic heterocycles.